The van der Waals surface area contributed by atoms with Crippen LogP contribution in [0.15, 0.2) is 0 Å². The van der Waals surface area contributed by atoms with Gasteiger partial charge in [-0.15, -0.1) is 0 Å². The molecule has 2 unspecified atom stereocenters. The van der Waals surface area contributed by atoms with Gasteiger partial charge in [-0.1, -0.05) is 6.92 Å². The summed E-state index contributed by atoms with van der Waals surface area (Å²) in [5.41, 5.74) is 0.440. The van der Waals surface area contributed by atoms with Crippen molar-refractivity contribution in [3.63, 3.8) is 0 Å². The highest BCUT2D eigenvalue weighted by Crippen LogP contribution is 2.32. The highest BCUT2D eigenvalue weighted by molar-refractivity contribution is 5.07. The van der Waals surface area contributed by atoms with Gasteiger partial charge in [-0.05, 0) is 27.4 Å². The monoisotopic (exact) mass is 142 g/mol. The molecule has 10 heavy (non-hydrogen) atoms. The van der Waals surface area contributed by atoms with Gasteiger partial charge in [0.1, 0.15) is 0 Å². The molecule has 0 aliphatic carbocycles. The molecule has 1 saturated heterocycles. The molecule has 0 aromatic rings. The molecule has 1 aliphatic rings. The highest BCUT2D eigenvalue weighted by Gasteiger charge is 2.48. The van der Waals surface area contributed by atoms with Crippen molar-refractivity contribution in [3.8, 4) is 0 Å². The second-order valence-electron chi connectivity index (χ2n) is 3.49. The number of likely N-dealkylation sites (N-methyl/N-ethyl adjacent to an activating group) is 2. The third kappa shape index (κ3) is 1.18. The Morgan fingerprint density at radius 2 is 2.20 bits per heavy atom. The molecular weight excluding hydrogens is 124 g/mol. The van der Waals surface area contributed by atoms with Gasteiger partial charge in [0.05, 0.1) is 0 Å². The molecule has 2 nitrogen and oxygen atoms in total. The van der Waals surface area contributed by atoms with E-state index in [4.69, 9.17) is 0 Å². The summed E-state index contributed by atoms with van der Waals surface area (Å²) >= 11 is 0. The second-order valence-corrected chi connectivity index (χ2v) is 3.49. The zero-order chi connectivity index (χ0) is 7.78. The Morgan fingerprint density at radius 1 is 1.70 bits per heavy atom. The molecule has 1 heterocycles. The first kappa shape index (κ1) is 8.02. The summed E-state index contributed by atoms with van der Waals surface area (Å²) in [6, 6.07) is 0.627. The van der Waals surface area contributed by atoms with Crippen LogP contribution in [0.4, 0.5) is 0 Å². The van der Waals surface area contributed by atoms with Crippen LogP contribution in [0.5, 0.6) is 0 Å². The molecule has 1 N–H and O–H groups in total. The fraction of sp³-hybridized carbons (Fsp3) is 1.00. The summed E-state index contributed by atoms with van der Waals surface area (Å²) in [6.45, 7) is 9.03. The molecule has 0 saturated carbocycles. The van der Waals surface area contributed by atoms with E-state index in [2.05, 4.69) is 38.0 Å². The average molecular weight is 142 g/mol. The molecule has 0 radical (unpaired) electrons. The number of hydrogen-bond donors (Lipinski definition) is 1. The first-order valence-electron chi connectivity index (χ1n) is 4.06. The predicted octanol–water partition coefficient (Wildman–Crippen LogP) is 0.689. The van der Waals surface area contributed by atoms with E-state index >= 15 is 0 Å². The van der Waals surface area contributed by atoms with Gasteiger partial charge in [0.15, 0.2) is 0 Å². The van der Waals surface area contributed by atoms with Crippen molar-refractivity contribution < 1.29 is 0 Å². The van der Waals surface area contributed by atoms with Crippen molar-refractivity contribution in [2.45, 2.75) is 32.4 Å². The van der Waals surface area contributed by atoms with E-state index in [9.17, 15) is 0 Å². The quantitative estimate of drug-likeness (QED) is 0.583. The Hall–Kier alpha value is -0.0800. The van der Waals surface area contributed by atoms with Crippen LogP contribution in [0.25, 0.3) is 0 Å². The van der Waals surface area contributed by atoms with Crippen LogP contribution in [0.1, 0.15) is 20.8 Å². The zero-order valence-electron chi connectivity index (χ0n) is 7.44. The van der Waals surface area contributed by atoms with Gasteiger partial charge in [0.2, 0.25) is 0 Å². The number of hydrogen-bond acceptors (Lipinski definition) is 2. The van der Waals surface area contributed by atoms with Gasteiger partial charge in [0.25, 0.3) is 0 Å². The van der Waals surface area contributed by atoms with E-state index in [1.165, 1.54) is 6.54 Å². The second kappa shape index (κ2) is 2.51. The molecule has 1 rings (SSSR count). The summed E-state index contributed by atoms with van der Waals surface area (Å²) < 4.78 is 0. The standard InChI is InChI=1S/C8H18N2/c1-5-9-7(2)8(3)6-10(8)4/h7,9H,5-6H2,1-4H3/t7?,8-,10?/m0/s1. The maximum atomic E-state index is 3.44. The predicted molar refractivity (Wildman–Crippen MR) is 44.2 cm³/mol. The molecule has 2 heteroatoms. The number of nitrogens with one attached hydrogen (secondary N) is 1. The molecule has 0 bridgehead atoms. The first-order valence-corrected chi connectivity index (χ1v) is 4.06. The van der Waals surface area contributed by atoms with Crippen molar-refractivity contribution in [1.29, 1.82) is 0 Å². The molecule has 3 atom stereocenters. The molecule has 0 spiro atoms. The van der Waals surface area contributed by atoms with Crippen molar-refractivity contribution >= 4 is 0 Å². The first-order chi connectivity index (χ1) is 4.61. The van der Waals surface area contributed by atoms with Crippen LogP contribution in [-0.4, -0.2) is 36.6 Å². The Labute approximate surface area is 63.6 Å². The lowest BCUT2D eigenvalue weighted by Gasteiger charge is -2.19. The van der Waals surface area contributed by atoms with Crippen LogP contribution >= 0.6 is 0 Å². The summed E-state index contributed by atoms with van der Waals surface area (Å²) in [7, 11) is 2.17. The maximum absolute atomic E-state index is 3.44. The van der Waals surface area contributed by atoms with Crippen molar-refractivity contribution in [2.24, 2.45) is 0 Å². The van der Waals surface area contributed by atoms with Gasteiger partial charge in [-0.2, -0.15) is 0 Å². The maximum Gasteiger partial charge on any atom is 0.0456 e. The van der Waals surface area contributed by atoms with Crippen LogP contribution in [0.2, 0.25) is 0 Å². The molecule has 1 fully saturated rings. The molecule has 0 aromatic carbocycles. The summed E-state index contributed by atoms with van der Waals surface area (Å²) in [5, 5.41) is 3.44. The van der Waals surface area contributed by atoms with Crippen LogP contribution in [0.3, 0.4) is 0 Å². The zero-order valence-corrected chi connectivity index (χ0v) is 7.44. The lowest BCUT2D eigenvalue weighted by atomic mass is 10.0. The van der Waals surface area contributed by atoms with Gasteiger partial charge in [-0.3, -0.25) is 4.90 Å². The normalized spacial score (nSPS) is 41.4. The molecule has 0 amide bonds. The van der Waals surface area contributed by atoms with E-state index in [0.717, 1.165) is 6.54 Å². The van der Waals surface area contributed by atoms with Crippen molar-refractivity contribution in [3.05, 3.63) is 0 Å². The largest absolute Gasteiger partial charge is 0.313 e. The molecular formula is C8H18N2. The molecule has 0 aromatic heterocycles. The lowest BCUT2D eigenvalue weighted by Crippen LogP contribution is -2.40. The van der Waals surface area contributed by atoms with E-state index in [0.29, 0.717) is 11.6 Å². The third-order valence-electron chi connectivity index (χ3n) is 2.77. The lowest BCUT2D eigenvalue weighted by molar-refractivity contribution is 0.381. The van der Waals surface area contributed by atoms with E-state index in [1.54, 1.807) is 0 Å². The van der Waals surface area contributed by atoms with Gasteiger partial charge in [-0.25, -0.2) is 0 Å². The summed E-state index contributed by atoms with van der Waals surface area (Å²) in [4.78, 5) is 2.38. The summed E-state index contributed by atoms with van der Waals surface area (Å²) in [5.74, 6) is 0. The van der Waals surface area contributed by atoms with E-state index < -0.39 is 0 Å². The Balaban J connectivity index is 2.34. The Bertz CT molecular complexity index is 124. The SMILES string of the molecule is CCNC(C)[C@]1(C)CN1C. The fourth-order valence-corrected chi connectivity index (χ4v) is 1.44. The Kier molecular flexibility index (Phi) is 2.02. The van der Waals surface area contributed by atoms with Gasteiger partial charge >= 0.3 is 0 Å². The molecule has 60 valence electrons. The van der Waals surface area contributed by atoms with E-state index in [-0.39, 0.29) is 0 Å². The molecule has 1 aliphatic heterocycles. The number of rotatable bonds is 3. The van der Waals surface area contributed by atoms with Crippen molar-refractivity contribution in [2.75, 3.05) is 20.1 Å². The summed E-state index contributed by atoms with van der Waals surface area (Å²) in [6.07, 6.45) is 0. The van der Waals surface area contributed by atoms with Gasteiger partial charge < -0.3 is 5.32 Å². The van der Waals surface area contributed by atoms with Crippen LogP contribution in [-0.2, 0) is 0 Å². The van der Waals surface area contributed by atoms with E-state index in [1.807, 2.05) is 0 Å². The fourth-order valence-electron chi connectivity index (χ4n) is 1.44. The van der Waals surface area contributed by atoms with Crippen LogP contribution < -0.4 is 5.32 Å². The Morgan fingerprint density at radius 3 is 2.50 bits per heavy atom. The minimum absolute atomic E-state index is 0.440. The minimum atomic E-state index is 0.440. The number of nitrogens with zero attached hydrogens (tertiary/aromatic N) is 1. The highest BCUT2D eigenvalue weighted by atomic mass is 15.4. The third-order valence-corrected chi connectivity index (χ3v) is 2.77. The van der Waals surface area contributed by atoms with Crippen molar-refractivity contribution in [1.82, 2.24) is 10.2 Å². The average Bonchev–Trinajstić information content (AvgIpc) is 2.43. The minimum Gasteiger partial charge on any atom is -0.313 e. The topological polar surface area (TPSA) is 15.0 Å². The van der Waals surface area contributed by atoms with Crippen LogP contribution in [0, 0.1) is 0 Å². The smallest absolute Gasteiger partial charge is 0.0456 e. The van der Waals surface area contributed by atoms with Gasteiger partial charge in [0, 0.05) is 18.1 Å².